The van der Waals surface area contributed by atoms with Gasteiger partial charge in [0.1, 0.15) is 0 Å². The average Bonchev–Trinajstić information content (AvgIpc) is 2.40. The Hall–Kier alpha value is -1.40. The predicted octanol–water partition coefficient (Wildman–Crippen LogP) is 0.430. The highest BCUT2D eigenvalue weighted by atomic mass is 32.2. The van der Waals surface area contributed by atoms with E-state index >= 15 is 0 Å². The van der Waals surface area contributed by atoms with Crippen LogP contribution in [0.4, 0.5) is 0 Å². The molecule has 116 valence electrons. The summed E-state index contributed by atoms with van der Waals surface area (Å²) in [6.07, 6.45) is 1.00. The van der Waals surface area contributed by atoms with Gasteiger partial charge >= 0.3 is 0 Å². The highest BCUT2D eigenvalue weighted by Crippen LogP contribution is 2.07. The second-order valence-corrected chi connectivity index (χ2v) is 7.72. The van der Waals surface area contributed by atoms with E-state index in [0.717, 1.165) is 6.42 Å². The lowest BCUT2D eigenvalue weighted by Gasteiger charge is -2.23. The molecule has 2 rings (SSSR count). The number of sulfone groups is 1. The van der Waals surface area contributed by atoms with Gasteiger partial charge in [0.2, 0.25) is 5.91 Å². The van der Waals surface area contributed by atoms with E-state index in [2.05, 4.69) is 16.7 Å². The summed E-state index contributed by atoms with van der Waals surface area (Å²) in [5.74, 6) is 0.120. The molecule has 0 aliphatic carbocycles. The Morgan fingerprint density at radius 3 is 2.86 bits per heavy atom. The number of aryl methyl sites for hydroxylation is 1. The van der Waals surface area contributed by atoms with Crippen LogP contribution in [0.1, 0.15) is 17.5 Å². The molecule has 0 spiro atoms. The molecule has 21 heavy (non-hydrogen) atoms. The number of hydrogen-bond donors (Lipinski definition) is 2. The van der Waals surface area contributed by atoms with Gasteiger partial charge in [-0.15, -0.1) is 0 Å². The van der Waals surface area contributed by atoms with Crippen LogP contribution >= 0.6 is 0 Å². The third-order valence-electron chi connectivity index (χ3n) is 3.71. The second kappa shape index (κ2) is 7.04. The highest BCUT2D eigenvalue weighted by molar-refractivity contribution is 7.91. The number of benzene rings is 1. The quantitative estimate of drug-likeness (QED) is 0.827. The van der Waals surface area contributed by atoms with Crippen LogP contribution in [0.15, 0.2) is 24.3 Å². The summed E-state index contributed by atoms with van der Waals surface area (Å²) in [7, 11) is -2.99. The lowest BCUT2D eigenvalue weighted by Crippen LogP contribution is -2.47. The maximum atomic E-state index is 11.9. The fraction of sp³-hybridized carbons (Fsp3) is 0.533. The third-order valence-corrected chi connectivity index (χ3v) is 5.45. The van der Waals surface area contributed by atoms with Crippen molar-refractivity contribution in [1.82, 2.24) is 10.6 Å². The molecule has 2 N–H and O–H groups in total. The Morgan fingerprint density at radius 1 is 1.38 bits per heavy atom. The van der Waals surface area contributed by atoms with Crippen LogP contribution in [0.2, 0.25) is 0 Å². The number of nitrogens with one attached hydrogen (secondary N) is 2. The van der Waals surface area contributed by atoms with Gasteiger partial charge in [-0.2, -0.15) is 0 Å². The molecule has 0 bridgehead atoms. The Bertz CT molecular complexity index is 599. The monoisotopic (exact) mass is 310 g/mol. The largest absolute Gasteiger partial charge is 0.356 e. The fourth-order valence-electron chi connectivity index (χ4n) is 2.52. The van der Waals surface area contributed by atoms with Gasteiger partial charge < -0.3 is 10.6 Å². The summed E-state index contributed by atoms with van der Waals surface area (Å²) in [5, 5.41) is 5.94. The van der Waals surface area contributed by atoms with E-state index in [9.17, 15) is 13.2 Å². The van der Waals surface area contributed by atoms with E-state index in [1.165, 1.54) is 11.1 Å². The summed E-state index contributed by atoms with van der Waals surface area (Å²) >= 11 is 0. The molecule has 1 aliphatic heterocycles. The van der Waals surface area contributed by atoms with Gasteiger partial charge in [0.25, 0.3) is 0 Å². The molecule has 1 aromatic carbocycles. The zero-order valence-electron chi connectivity index (χ0n) is 12.3. The topological polar surface area (TPSA) is 75.3 Å². The number of hydrogen-bond acceptors (Lipinski definition) is 4. The Kier molecular flexibility index (Phi) is 5.36. The minimum atomic E-state index is -2.99. The molecule has 1 unspecified atom stereocenters. The van der Waals surface area contributed by atoms with Crippen molar-refractivity contribution in [2.45, 2.75) is 25.8 Å². The average molecular weight is 310 g/mol. The van der Waals surface area contributed by atoms with E-state index < -0.39 is 9.84 Å². The van der Waals surface area contributed by atoms with Crippen molar-refractivity contribution < 1.29 is 13.2 Å². The molecule has 5 nitrogen and oxygen atoms in total. The minimum absolute atomic E-state index is 0.0538. The molecule has 1 heterocycles. The third kappa shape index (κ3) is 5.13. The minimum Gasteiger partial charge on any atom is -0.356 e. The molecule has 1 aromatic rings. The number of amides is 1. The fourth-order valence-corrected chi connectivity index (χ4v) is 3.97. The van der Waals surface area contributed by atoms with Crippen molar-refractivity contribution >= 4 is 15.7 Å². The standard InChI is InChI=1S/C15H22N2O3S/c1-12-4-2-3-5-13(12)6-7-17-15(18)10-14-11-21(19,20)9-8-16-14/h2-5,14,16H,6-11H2,1H3,(H,17,18). The molecule has 6 heteroatoms. The van der Waals surface area contributed by atoms with Gasteiger partial charge in [0.05, 0.1) is 11.5 Å². The van der Waals surface area contributed by atoms with Crippen LogP contribution in [0.25, 0.3) is 0 Å². The first-order valence-corrected chi connectivity index (χ1v) is 9.03. The number of carbonyl (C=O) groups is 1. The molecule has 1 aliphatic rings. The molecule has 1 amide bonds. The van der Waals surface area contributed by atoms with Gasteiger partial charge in [-0.1, -0.05) is 24.3 Å². The van der Waals surface area contributed by atoms with Gasteiger partial charge in [-0.3, -0.25) is 4.79 Å². The van der Waals surface area contributed by atoms with Crippen LogP contribution in [0, 0.1) is 6.92 Å². The first-order chi connectivity index (χ1) is 9.96. The summed E-state index contributed by atoms with van der Waals surface area (Å²) < 4.78 is 23.0. The van der Waals surface area contributed by atoms with Crippen molar-refractivity contribution in [1.29, 1.82) is 0 Å². The van der Waals surface area contributed by atoms with E-state index in [1.807, 2.05) is 25.1 Å². The summed E-state index contributed by atoms with van der Waals surface area (Å²) in [6.45, 7) is 3.06. The van der Waals surface area contributed by atoms with Crippen LogP contribution in [0.3, 0.4) is 0 Å². The van der Waals surface area contributed by atoms with Gasteiger partial charge in [-0.05, 0) is 24.5 Å². The van der Waals surface area contributed by atoms with E-state index in [4.69, 9.17) is 0 Å². The molecular weight excluding hydrogens is 288 g/mol. The number of carbonyl (C=O) groups excluding carboxylic acids is 1. The lowest BCUT2D eigenvalue weighted by molar-refractivity contribution is -0.121. The number of rotatable bonds is 5. The smallest absolute Gasteiger partial charge is 0.221 e. The van der Waals surface area contributed by atoms with Crippen LogP contribution in [0.5, 0.6) is 0 Å². The summed E-state index contributed by atoms with van der Waals surface area (Å²) in [5.41, 5.74) is 2.43. The van der Waals surface area contributed by atoms with Crippen LogP contribution < -0.4 is 10.6 Å². The van der Waals surface area contributed by atoms with Gasteiger partial charge in [0, 0.05) is 25.6 Å². The van der Waals surface area contributed by atoms with Crippen molar-refractivity contribution in [2.75, 3.05) is 24.6 Å². The molecule has 1 saturated heterocycles. The van der Waals surface area contributed by atoms with Gasteiger partial charge in [0.15, 0.2) is 9.84 Å². The molecule has 0 aromatic heterocycles. The SMILES string of the molecule is Cc1ccccc1CCNC(=O)CC1CS(=O)(=O)CCN1. The zero-order valence-corrected chi connectivity index (χ0v) is 13.1. The lowest BCUT2D eigenvalue weighted by atomic mass is 10.1. The zero-order chi connectivity index (χ0) is 15.3. The summed E-state index contributed by atoms with van der Waals surface area (Å²) in [4.78, 5) is 11.9. The molecule has 0 radical (unpaired) electrons. The Balaban J connectivity index is 1.74. The molecule has 1 atom stereocenters. The van der Waals surface area contributed by atoms with Crippen molar-refractivity contribution in [3.63, 3.8) is 0 Å². The van der Waals surface area contributed by atoms with E-state index in [-0.39, 0.29) is 29.9 Å². The summed E-state index contributed by atoms with van der Waals surface area (Å²) in [6, 6.07) is 7.82. The van der Waals surface area contributed by atoms with Crippen LogP contribution in [-0.4, -0.2) is 45.0 Å². The van der Waals surface area contributed by atoms with Crippen molar-refractivity contribution in [2.24, 2.45) is 0 Å². The van der Waals surface area contributed by atoms with E-state index in [1.54, 1.807) is 0 Å². The Morgan fingerprint density at radius 2 is 2.14 bits per heavy atom. The van der Waals surface area contributed by atoms with Crippen LogP contribution in [-0.2, 0) is 21.1 Å². The first-order valence-electron chi connectivity index (χ1n) is 7.21. The van der Waals surface area contributed by atoms with Crippen molar-refractivity contribution in [3.05, 3.63) is 35.4 Å². The Labute approximate surface area is 126 Å². The molecule has 1 fully saturated rings. The maximum absolute atomic E-state index is 11.9. The van der Waals surface area contributed by atoms with Gasteiger partial charge in [-0.25, -0.2) is 8.42 Å². The predicted molar refractivity (Wildman–Crippen MR) is 83.0 cm³/mol. The van der Waals surface area contributed by atoms with E-state index in [0.29, 0.717) is 13.1 Å². The normalized spacial score (nSPS) is 20.9. The highest BCUT2D eigenvalue weighted by Gasteiger charge is 2.25. The molecule has 0 saturated carbocycles. The first kappa shape index (κ1) is 16.0. The maximum Gasteiger partial charge on any atom is 0.221 e. The second-order valence-electron chi connectivity index (χ2n) is 5.50. The molecular formula is C15H22N2O3S. The van der Waals surface area contributed by atoms with Crippen molar-refractivity contribution in [3.8, 4) is 0 Å².